The largest absolute Gasteiger partial charge is 0.486 e. The second-order valence-corrected chi connectivity index (χ2v) is 7.95. The maximum Gasteiger partial charge on any atom is 0.235 e. The van der Waals surface area contributed by atoms with Crippen molar-refractivity contribution in [2.45, 2.75) is 24.5 Å². The van der Waals surface area contributed by atoms with E-state index in [1.165, 1.54) is 18.3 Å². The lowest BCUT2D eigenvalue weighted by molar-refractivity contribution is -0.117. The van der Waals surface area contributed by atoms with Crippen molar-refractivity contribution < 1.29 is 17.9 Å². The topological polar surface area (TPSA) is 99.4 Å². The molecular formula is C14H16N2O4S2. The smallest absolute Gasteiger partial charge is 0.235 e. The number of carbonyl (C=O) groups excluding carboxylic acids is 1. The normalized spacial score (nSPS) is 12.8. The Morgan fingerprint density at radius 3 is 2.68 bits per heavy atom. The third-order valence-corrected chi connectivity index (χ3v) is 5.87. The molecule has 0 unspecified atom stereocenters. The first kappa shape index (κ1) is 16.4. The van der Waals surface area contributed by atoms with Crippen LogP contribution in [0.2, 0.25) is 0 Å². The molecule has 1 aromatic heterocycles. The molecule has 6 nitrogen and oxygen atoms in total. The minimum absolute atomic E-state index is 0.264. The van der Waals surface area contributed by atoms with Gasteiger partial charge in [0.15, 0.2) is 9.84 Å². The van der Waals surface area contributed by atoms with E-state index in [1.807, 2.05) is 30.3 Å². The van der Waals surface area contributed by atoms with Crippen molar-refractivity contribution in [3.8, 4) is 5.75 Å². The number of primary amides is 1. The first-order valence-corrected chi connectivity index (χ1v) is 9.10. The molecule has 22 heavy (non-hydrogen) atoms. The lowest BCUT2D eigenvalue weighted by atomic mass is 10.3. The Hall–Kier alpha value is -1.93. The lowest BCUT2D eigenvalue weighted by Crippen LogP contribution is -2.34. The molecule has 0 spiro atoms. The van der Waals surface area contributed by atoms with Gasteiger partial charge in [-0.1, -0.05) is 18.2 Å². The number of nitrogens with two attached hydrogens (primary N) is 1. The van der Waals surface area contributed by atoms with Crippen LogP contribution in [0.3, 0.4) is 0 Å². The Morgan fingerprint density at radius 2 is 2.05 bits per heavy atom. The number of para-hydroxylation sites is 1. The maximum absolute atomic E-state index is 12.0. The molecule has 0 aliphatic carbocycles. The van der Waals surface area contributed by atoms with Crippen molar-refractivity contribution in [2.24, 2.45) is 5.73 Å². The predicted molar refractivity (Wildman–Crippen MR) is 84.2 cm³/mol. The molecule has 2 aromatic rings. The fourth-order valence-corrected chi connectivity index (χ4v) is 3.63. The number of nitrogens with zero attached hydrogens (tertiary/aromatic N) is 1. The van der Waals surface area contributed by atoms with Gasteiger partial charge in [-0.05, 0) is 19.1 Å². The number of carbonyl (C=O) groups is 1. The van der Waals surface area contributed by atoms with Gasteiger partial charge in [-0.25, -0.2) is 13.4 Å². The predicted octanol–water partition coefficient (Wildman–Crippen LogP) is 1.51. The van der Waals surface area contributed by atoms with E-state index in [1.54, 1.807) is 5.38 Å². The summed E-state index contributed by atoms with van der Waals surface area (Å²) in [4.78, 5) is 15.2. The zero-order valence-electron chi connectivity index (χ0n) is 11.9. The molecule has 1 heterocycles. The number of hydrogen-bond acceptors (Lipinski definition) is 6. The number of rotatable bonds is 7. The molecule has 0 radical (unpaired) electrons. The van der Waals surface area contributed by atoms with Gasteiger partial charge in [0, 0.05) is 5.38 Å². The Labute approximate surface area is 132 Å². The molecule has 0 aliphatic heterocycles. The Morgan fingerprint density at radius 1 is 1.36 bits per heavy atom. The summed E-state index contributed by atoms with van der Waals surface area (Å²) < 4.78 is 29.5. The summed E-state index contributed by atoms with van der Waals surface area (Å²) in [5.74, 6) is -0.448. The van der Waals surface area contributed by atoms with Gasteiger partial charge < -0.3 is 10.5 Å². The number of ether oxygens (including phenoxy) is 1. The molecule has 0 saturated heterocycles. The molecule has 2 N–H and O–H groups in total. The fraction of sp³-hybridized carbons (Fsp3) is 0.286. The van der Waals surface area contributed by atoms with Crippen LogP contribution in [0, 0.1) is 0 Å². The Kier molecular flexibility index (Phi) is 5.15. The number of hydrogen-bond donors (Lipinski definition) is 1. The van der Waals surface area contributed by atoms with Crippen LogP contribution in [0.4, 0.5) is 0 Å². The quantitative estimate of drug-likeness (QED) is 0.823. The standard InChI is InChI=1S/C14H16N2O4S2/c1-10(14(15)17)22(18,19)9-11-8-21-13(16-11)7-20-12-5-3-2-4-6-12/h2-6,8,10H,7,9H2,1H3,(H2,15,17)/t10-/m1/s1. The summed E-state index contributed by atoms with van der Waals surface area (Å²) >= 11 is 1.31. The SMILES string of the molecule is C[C@H](C(N)=O)S(=O)(=O)Cc1csc(COc2ccccc2)n1. The fourth-order valence-electron chi connectivity index (χ4n) is 1.65. The van der Waals surface area contributed by atoms with Gasteiger partial charge in [-0.15, -0.1) is 11.3 Å². The molecule has 0 fully saturated rings. The molecule has 0 saturated carbocycles. The molecule has 1 aromatic carbocycles. The van der Waals surface area contributed by atoms with Gasteiger partial charge >= 0.3 is 0 Å². The summed E-state index contributed by atoms with van der Waals surface area (Å²) in [7, 11) is -3.64. The van der Waals surface area contributed by atoms with E-state index in [2.05, 4.69) is 4.98 Å². The van der Waals surface area contributed by atoms with Crippen LogP contribution in [0.15, 0.2) is 35.7 Å². The molecule has 0 aliphatic rings. The number of thiazole rings is 1. The Bertz CT molecular complexity index is 741. The summed E-state index contributed by atoms with van der Waals surface area (Å²) in [6.07, 6.45) is 0. The average Bonchev–Trinajstić information content (AvgIpc) is 2.92. The monoisotopic (exact) mass is 340 g/mol. The number of sulfone groups is 1. The molecule has 2 rings (SSSR count). The highest BCUT2D eigenvalue weighted by Gasteiger charge is 2.27. The highest BCUT2D eigenvalue weighted by atomic mass is 32.2. The minimum atomic E-state index is -3.64. The van der Waals surface area contributed by atoms with Crippen molar-refractivity contribution in [1.82, 2.24) is 4.98 Å². The second-order valence-electron chi connectivity index (χ2n) is 4.69. The molecule has 1 atom stereocenters. The van der Waals surface area contributed by atoms with Gasteiger partial charge in [0.05, 0.1) is 11.4 Å². The average molecular weight is 340 g/mol. The van der Waals surface area contributed by atoms with Crippen molar-refractivity contribution in [1.29, 1.82) is 0 Å². The van der Waals surface area contributed by atoms with Crippen molar-refractivity contribution in [3.63, 3.8) is 0 Å². The third kappa shape index (κ3) is 4.28. The van der Waals surface area contributed by atoms with Crippen LogP contribution < -0.4 is 10.5 Å². The van der Waals surface area contributed by atoms with Crippen LogP contribution in [0.1, 0.15) is 17.6 Å². The number of aromatic nitrogens is 1. The highest BCUT2D eigenvalue weighted by molar-refractivity contribution is 7.92. The zero-order valence-corrected chi connectivity index (χ0v) is 13.6. The van der Waals surface area contributed by atoms with E-state index in [-0.39, 0.29) is 12.4 Å². The minimum Gasteiger partial charge on any atom is -0.486 e. The van der Waals surface area contributed by atoms with Crippen LogP contribution in [-0.4, -0.2) is 24.6 Å². The van der Waals surface area contributed by atoms with Gasteiger partial charge in [0.1, 0.15) is 22.6 Å². The molecule has 0 bridgehead atoms. The maximum atomic E-state index is 12.0. The lowest BCUT2D eigenvalue weighted by Gasteiger charge is -2.07. The summed E-state index contributed by atoms with van der Waals surface area (Å²) in [6, 6.07) is 9.26. The van der Waals surface area contributed by atoms with E-state index in [0.717, 1.165) is 0 Å². The van der Waals surface area contributed by atoms with E-state index in [4.69, 9.17) is 10.5 Å². The summed E-state index contributed by atoms with van der Waals surface area (Å²) in [5, 5.41) is 1.09. The second kappa shape index (κ2) is 6.89. The van der Waals surface area contributed by atoms with Gasteiger partial charge in [0.2, 0.25) is 5.91 Å². The Balaban J connectivity index is 1.98. The van der Waals surface area contributed by atoms with E-state index in [0.29, 0.717) is 16.5 Å². The number of amides is 1. The van der Waals surface area contributed by atoms with Crippen molar-refractivity contribution in [3.05, 3.63) is 46.4 Å². The van der Waals surface area contributed by atoms with Crippen LogP contribution >= 0.6 is 11.3 Å². The molecular weight excluding hydrogens is 324 g/mol. The van der Waals surface area contributed by atoms with E-state index >= 15 is 0 Å². The number of benzene rings is 1. The summed E-state index contributed by atoms with van der Waals surface area (Å²) in [6.45, 7) is 1.55. The van der Waals surface area contributed by atoms with Gasteiger partial charge in [-0.3, -0.25) is 4.79 Å². The van der Waals surface area contributed by atoms with Gasteiger partial charge in [0.25, 0.3) is 0 Å². The van der Waals surface area contributed by atoms with Crippen LogP contribution in [0.25, 0.3) is 0 Å². The highest BCUT2D eigenvalue weighted by Crippen LogP contribution is 2.17. The van der Waals surface area contributed by atoms with Crippen LogP contribution in [0.5, 0.6) is 5.75 Å². The molecule has 1 amide bonds. The van der Waals surface area contributed by atoms with E-state index < -0.39 is 21.0 Å². The molecule has 8 heteroatoms. The summed E-state index contributed by atoms with van der Waals surface area (Å²) in [5.41, 5.74) is 5.43. The first-order valence-electron chi connectivity index (χ1n) is 6.50. The first-order chi connectivity index (χ1) is 10.4. The van der Waals surface area contributed by atoms with Gasteiger partial charge in [-0.2, -0.15) is 0 Å². The zero-order chi connectivity index (χ0) is 16.2. The van der Waals surface area contributed by atoms with E-state index in [9.17, 15) is 13.2 Å². The molecule has 118 valence electrons. The van der Waals surface area contributed by atoms with Crippen molar-refractivity contribution >= 4 is 27.1 Å². The van der Waals surface area contributed by atoms with Crippen molar-refractivity contribution in [2.75, 3.05) is 0 Å². The van der Waals surface area contributed by atoms with Crippen LogP contribution in [-0.2, 0) is 27.0 Å². The third-order valence-electron chi connectivity index (χ3n) is 2.99.